The van der Waals surface area contributed by atoms with Gasteiger partial charge >= 0.3 is 5.97 Å². The summed E-state index contributed by atoms with van der Waals surface area (Å²) in [6.07, 6.45) is 0. The van der Waals surface area contributed by atoms with Crippen molar-refractivity contribution in [3.63, 3.8) is 0 Å². The molecule has 4 nitrogen and oxygen atoms in total. The summed E-state index contributed by atoms with van der Waals surface area (Å²) >= 11 is 5.90. The van der Waals surface area contributed by atoms with Gasteiger partial charge in [-0.15, -0.1) is 22.7 Å². The molecule has 0 radical (unpaired) electrons. The molecule has 26 heavy (non-hydrogen) atoms. The Hall–Kier alpha value is -2.03. The number of benzene rings is 1. The second-order valence-electron chi connectivity index (χ2n) is 5.29. The van der Waals surface area contributed by atoms with Crippen molar-refractivity contribution in [1.29, 1.82) is 0 Å². The smallest absolute Gasteiger partial charge is 0.341 e. The van der Waals surface area contributed by atoms with Gasteiger partial charge in [-0.25, -0.2) is 9.18 Å². The second kappa shape index (κ2) is 7.69. The van der Waals surface area contributed by atoms with Crippen molar-refractivity contribution in [3.8, 4) is 11.1 Å². The summed E-state index contributed by atoms with van der Waals surface area (Å²) in [4.78, 5) is 26.2. The Morgan fingerprint density at radius 3 is 2.38 bits per heavy atom. The minimum Gasteiger partial charge on any atom is -0.465 e. The van der Waals surface area contributed by atoms with Crippen molar-refractivity contribution in [3.05, 3.63) is 61.3 Å². The lowest BCUT2D eigenvalue weighted by Gasteiger charge is -2.07. The summed E-state index contributed by atoms with van der Waals surface area (Å²) < 4.78 is 19.0. The van der Waals surface area contributed by atoms with Crippen LogP contribution in [0.5, 0.6) is 0 Å². The van der Waals surface area contributed by atoms with Gasteiger partial charge in [0.25, 0.3) is 5.91 Å². The zero-order valence-corrected chi connectivity index (χ0v) is 17.0. The van der Waals surface area contributed by atoms with Gasteiger partial charge in [-0.2, -0.15) is 0 Å². The molecule has 2 heterocycles. The summed E-state index contributed by atoms with van der Waals surface area (Å²) in [6.45, 7) is 1.84. The number of hydrogen-bond acceptors (Lipinski definition) is 5. The Bertz CT molecular complexity index is 979. The van der Waals surface area contributed by atoms with Gasteiger partial charge in [-0.05, 0) is 52.7 Å². The van der Waals surface area contributed by atoms with Gasteiger partial charge in [-0.1, -0.05) is 12.1 Å². The summed E-state index contributed by atoms with van der Waals surface area (Å²) in [5.41, 5.74) is 1.58. The number of rotatable bonds is 4. The quantitative estimate of drug-likeness (QED) is 0.513. The molecule has 0 aliphatic carbocycles. The minimum atomic E-state index is -0.559. The summed E-state index contributed by atoms with van der Waals surface area (Å²) in [5, 5.41) is 3.20. The number of halogens is 2. The lowest BCUT2D eigenvalue weighted by atomic mass is 10.0. The van der Waals surface area contributed by atoms with Gasteiger partial charge in [0, 0.05) is 10.4 Å². The first-order chi connectivity index (χ1) is 12.4. The van der Waals surface area contributed by atoms with Gasteiger partial charge in [0.1, 0.15) is 16.4 Å². The largest absolute Gasteiger partial charge is 0.465 e. The molecule has 0 aliphatic heterocycles. The maximum Gasteiger partial charge on any atom is 0.341 e. The number of anilines is 1. The van der Waals surface area contributed by atoms with Crippen molar-refractivity contribution in [1.82, 2.24) is 0 Å². The monoisotopic (exact) mass is 453 g/mol. The van der Waals surface area contributed by atoms with E-state index in [0.717, 1.165) is 8.66 Å². The topological polar surface area (TPSA) is 55.4 Å². The normalized spacial score (nSPS) is 10.6. The minimum absolute atomic E-state index is 0.269. The van der Waals surface area contributed by atoms with Crippen LogP contribution in [0.3, 0.4) is 0 Å². The van der Waals surface area contributed by atoms with E-state index in [1.165, 1.54) is 41.9 Å². The molecule has 0 saturated heterocycles. The highest BCUT2D eigenvalue weighted by atomic mass is 79.9. The molecule has 0 aliphatic rings. The number of esters is 1. The van der Waals surface area contributed by atoms with Crippen LogP contribution in [-0.4, -0.2) is 19.0 Å². The SMILES string of the molecule is COC(=O)c1c(NC(=O)c2ccc(Br)s2)sc(C)c1-c1ccc(F)cc1. The van der Waals surface area contributed by atoms with Gasteiger partial charge in [0.05, 0.1) is 15.8 Å². The number of amides is 1. The van der Waals surface area contributed by atoms with Crippen molar-refractivity contribution in [2.75, 3.05) is 12.4 Å². The van der Waals surface area contributed by atoms with Crippen molar-refractivity contribution < 1.29 is 18.7 Å². The molecule has 0 unspecified atom stereocenters. The van der Waals surface area contributed by atoms with E-state index in [9.17, 15) is 14.0 Å². The van der Waals surface area contributed by atoms with Gasteiger partial charge in [-0.3, -0.25) is 4.79 Å². The lowest BCUT2D eigenvalue weighted by molar-refractivity contribution is 0.0603. The molecular formula is C18H13BrFNO3S2. The van der Waals surface area contributed by atoms with E-state index in [2.05, 4.69) is 21.2 Å². The third-order valence-corrected chi connectivity index (χ3v) is 6.27. The van der Waals surface area contributed by atoms with E-state index < -0.39 is 5.97 Å². The van der Waals surface area contributed by atoms with E-state index in [0.29, 0.717) is 21.0 Å². The molecule has 0 spiro atoms. The molecule has 3 aromatic rings. The predicted octanol–water partition coefficient (Wildman–Crippen LogP) is 5.73. The van der Waals surface area contributed by atoms with Crippen LogP contribution in [0, 0.1) is 12.7 Å². The van der Waals surface area contributed by atoms with Crippen LogP contribution in [0.25, 0.3) is 11.1 Å². The van der Waals surface area contributed by atoms with E-state index in [-0.39, 0.29) is 17.3 Å². The van der Waals surface area contributed by atoms with Gasteiger partial charge < -0.3 is 10.1 Å². The molecule has 0 atom stereocenters. The Morgan fingerprint density at radius 2 is 1.81 bits per heavy atom. The highest BCUT2D eigenvalue weighted by Crippen LogP contribution is 2.40. The lowest BCUT2D eigenvalue weighted by Crippen LogP contribution is -2.13. The van der Waals surface area contributed by atoms with E-state index in [1.54, 1.807) is 24.3 Å². The molecule has 2 aromatic heterocycles. The number of nitrogens with one attached hydrogen (secondary N) is 1. The van der Waals surface area contributed by atoms with Crippen LogP contribution in [-0.2, 0) is 4.74 Å². The van der Waals surface area contributed by atoms with Crippen LogP contribution in [0.4, 0.5) is 9.39 Å². The fourth-order valence-corrected chi connectivity index (χ4v) is 4.84. The highest BCUT2D eigenvalue weighted by Gasteiger charge is 2.25. The maximum atomic E-state index is 13.2. The molecule has 1 N–H and O–H groups in total. The van der Waals surface area contributed by atoms with Gasteiger partial charge in [0.2, 0.25) is 0 Å². The number of carbonyl (C=O) groups excluding carboxylic acids is 2. The van der Waals surface area contributed by atoms with Crippen molar-refractivity contribution in [2.24, 2.45) is 0 Å². The molecular weight excluding hydrogens is 441 g/mol. The number of methoxy groups -OCH3 is 1. The molecule has 3 rings (SSSR count). The standard InChI is InChI=1S/C18H13BrFNO3S2/c1-9-14(10-3-5-11(20)6-4-10)15(18(23)24-2)17(25-9)21-16(22)12-7-8-13(19)26-12/h3-8H,1-2H3,(H,21,22). The van der Waals surface area contributed by atoms with Crippen LogP contribution in [0.15, 0.2) is 40.2 Å². The average Bonchev–Trinajstić information content (AvgIpc) is 3.18. The Labute approximate surface area is 165 Å². The number of carbonyl (C=O) groups is 2. The summed E-state index contributed by atoms with van der Waals surface area (Å²) in [5.74, 6) is -1.23. The third-order valence-electron chi connectivity index (χ3n) is 3.63. The Kier molecular flexibility index (Phi) is 5.55. The van der Waals surface area contributed by atoms with E-state index in [1.807, 2.05) is 6.92 Å². The predicted molar refractivity (Wildman–Crippen MR) is 106 cm³/mol. The van der Waals surface area contributed by atoms with Crippen molar-refractivity contribution in [2.45, 2.75) is 6.92 Å². The van der Waals surface area contributed by atoms with E-state index in [4.69, 9.17) is 4.74 Å². The number of hydrogen-bond donors (Lipinski definition) is 1. The molecule has 1 aromatic carbocycles. The molecule has 0 fully saturated rings. The number of thiophene rings is 2. The summed E-state index contributed by atoms with van der Waals surface area (Å²) in [7, 11) is 1.28. The molecule has 0 saturated carbocycles. The molecule has 1 amide bonds. The first kappa shape index (κ1) is 18.8. The number of aryl methyl sites for hydroxylation is 1. The maximum absolute atomic E-state index is 13.2. The molecule has 8 heteroatoms. The van der Waals surface area contributed by atoms with E-state index >= 15 is 0 Å². The second-order valence-corrected chi connectivity index (χ2v) is 8.98. The fourth-order valence-electron chi connectivity index (χ4n) is 2.49. The van der Waals surface area contributed by atoms with Crippen LogP contribution in [0.1, 0.15) is 24.9 Å². The molecule has 134 valence electrons. The zero-order chi connectivity index (χ0) is 18.8. The first-order valence-corrected chi connectivity index (χ1v) is 9.87. The zero-order valence-electron chi connectivity index (χ0n) is 13.8. The Morgan fingerprint density at radius 1 is 1.12 bits per heavy atom. The highest BCUT2D eigenvalue weighted by molar-refractivity contribution is 9.11. The molecule has 0 bridgehead atoms. The fraction of sp³-hybridized carbons (Fsp3) is 0.111. The first-order valence-electron chi connectivity index (χ1n) is 7.45. The average molecular weight is 454 g/mol. The summed E-state index contributed by atoms with van der Waals surface area (Å²) in [6, 6.07) is 9.33. The van der Waals surface area contributed by atoms with Crippen LogP contribution < -0.4 is 5.32 Å². The van der Waals surface area contributed by atoms with Crippen molar-refractivity contribution >= 4 is 55.5 Å². The van der Waals surface area contributed by atoms with Crippen LogP contribution in [0.2, 0.25) is 0 Å². The number of ether oxygens (including phenoxy) is 1. The third kappa shape index (κ3) is 3.72. The Balaban J connectivity index is 2.05. The van der Waals surface area contributed by atoms with Gasteiger partial charge in [0.15, 0.2) is 0 Å². The van der Waals surface area contributed by atoms with Crippen LogP contribution >= 0.6 is 38.6 Å².